The molecule has 26 heavy (non-hydrogen) atoms. The van der Waals surface area contributed by atoms with Crippen molar-refractivity contribution in [2.45, 2.75) is 19.4 Å². The van der Waals surface area contributed by atoms with E-state index in [9.17, 15) is 9.59 Å². The van der Waals surface area contributed by atoms with Crippen LogP contribution in [0.15, 0.2) is 53.9 Å². The minimum absolute atomic E-state index is 0.239. The van der Waals surface area contributed by atoms with Gasteiger partial charge in [-0.1, -0.05) is 30.3 Å². The molecule has 0 fully saturated rings. The highest BCUT2D eigenvalue weighted by molar-refractivity contribution is 7.13. The van der Waals surface area contributed by atoms with Crippen molar-refractivity contribution >= 4 is 28.3 Å². The Balaban J connectivity index is 1.59. The van der Waals surface area contributed by atoms with Gasteiger partial charge in [-0.25, -0.2) is 9.78 Å². The molecule has 3 aromatic rings. The zero-order valence-corrected chi connectivity index (χ0v) is 14.9. The minimum Gasteiger partial charge on any atom is -0.454 e. The van der Waals surface area contributed by atoms with Crippen LogP contribution in [0.3, 0.4) is 0 Å². The van der Waals surface area contributed by atoms with E-state index in [0.29, 0.717) is 22.7 Å². The lowest BCUT2D eigenvalue weighted by atomic mass is 9.93. The topological polar surface area (TPSA) is 68.3 Å². The summed E-state index contributed by atoms with van der Waals surface area (Å²) in [5, 5.41) is 5.23. The van der Waals surface area contributed by atoms with Crippen molar-refractivity contribution in [1.29, 1.82) is 0 Å². The summed E-state index contributed by atoms with van der Waals surface area (Å²) in [6.07, 6.45) is 0.207. The number of amides is 1. The molecule has 0 aliphatic carbocycles. The lowest BCUT2D eigenvalue weighted by Crippen LogP contribution is -2.23. The maximum atomic E-state index is 12.5. The van der Waals surface area contributed by atoms with E-state index in [0.717, 1.165) is 16.8 Å². The number of aromatic nitrogens is 1. The van der Waals surface area contributed by atoms with Crippen molar-refractivity contribution in [1.82, 2.24) is 4.98 Å². The van der Waals surface area contributed by atoms with Gasteiger partial charge in [0.25, 0.3) is 5.91 Å². The number of carbonyl (C=O) groups excluding carboxylic acids is 2. The lowest BCUT2D eigenvalue weighted by molar-refractivity contribution is 0.0252. The van der Waals surface area contributed by atoms with Crippen molar-refractivity contribution in [3.05, 3.63) is 81.9 Å². The van der Waals surface area contributed by atoms with Gasteiger partial charge in [0, 0.05) is 17.4 Å². The van der Waals surface area contributed by atoms with E-state index in [4.69, 9.17) is 4.74 Å². The van der Waals surface area contributed by atoms with Crippen LogP contribution in [0.1, 0.15) is 43.6 Å². The van der Waals surface area contributed by atoms with Crippen LogP contribution in [0.5, 0.6) is 0 Å². The molecule has 0 saturated heterocycles. The van der Waals surface area contributed by atoms with Crippen LogP contribution >= 0.6 is 11.3 Å². The molecule has 1 aliphatic rings. The summed E-state index contributed by atoms with van der Waals surface area (Å²) < 4.78 is 5.55. The Bertz CT molecular complexity index is 982. The average Bonchev–Trinajstić information content (AvgIpc) is 3.06. The molecule has 2 heterocycles. The maximum Gasteiger partial charge on any atom is 0.339 e. The summed E-state index contributed by atoms with van der Waals surface area (Å²) in [4.78, 5) is 29.0. The molecule has 2 aromatic carbocycles. The number of cyclic esters (lactones) is 1. The number of nitrogens with one attached hydrogen (secondary N) is 1. The van der Waals surface area contributed by atoms with Crippen molar-refractivity contribution in [3.63, 3.8) is 0 Å². The highest BCUT2D eigenvalue weighted by Gasteiger charge is 2.28. The summed E-state index contributed by atoms with van der Waals surface area (Å²) in [6.45, 7) is 1.88. The molecule has 4 rings (SSSR count). The van der Waals surface area contributed by atoms with Gasteiger partial charge >= 0.3 is 5.97 Å². The van der Waals surface area contributed by atoms with E-state index in [1.54, 1.807) is 18.2 Å². The summed E-state index contributed by atoms with van der Waals surface area (Å²) in [7, 11) is 0. The first kappa shape index (κ1) is 16.5. The fraction of sp³-hybridized carbons (Fsp3) is 0.150. The second-order valence-corrected chi connectivity index (χ2v) is 6.99. The van der Waals surface area contributed by atoms with Crippen LogP contribution in [-0.2, 0) is 11.2 Å². The van der Waals surface area contributed by atoms with E-state index in [1.165, 1.54) is 11.3 Å². The second kappa shape index (κ2) is 6.72. The van der Waals surface area contributed by atoms with Crippen LogP contribution in [0.4, 0.5) is 5.13 Å². The number of aryl methyl sites for hydroxylation is 1. The quantitative estimate of drug-likeness (QED) is 0.709. The minimum atomic E-state index is -0.359. The van der Waals surface area contributed by atoms with Gasteiger partial charge in [0.2, 0.25) is 0 Å². The first-order valence-corrected chi connectivity index (χ1v) is 9.10. The third-order valence-electron chi connectivity index (χ3n) is 4.25. The molecule has 0 radical (unpaired) electrons. The summed E-state index contributed by atoms with van der Waals surface area (Å²) in [5.74, 6) is -0.597. The monoisotopic (exact) mass is 364 g/mol. The Hall–Kier alpha value is -2.99. The predicted molar refractivity (Wildman–Crippen MR) is 99.5 cm³/mol. The lowest BCUT2D eigenvalue weighted by Gasteiger charge is -2.25. The number of nitrogens with zero attached hydrogens (tertiary/aromatic N) is 1. The van der Waals surface area contributed by atoms with Crippen LogP contribution in [-0.4, -0.2) is 16.9 Å². The molecule has 1 aromatic heterocycles. The average molecular weight is 364 g/mol. The number of rotatable bonds is 3. The SMILES string of the molecule is Cc1csc(NC(=O)c2ccc3c(c2)C[C@@H](c2ccccc2)OC3=O)n1. The fourth-order valence-corrected chi connectivity index (χ4v) is 3.65. The van der Waals surface area contributed by atoms with Crippen LogP contribution in [0.25, 0.3) is 0 Å². The van der Waals surface area contributed by atoms with E-state index >= 15 is 0 Å². The highest BCUT2D eigenvalue weighted by Crippen LogP contribution is 2.31. The molecule has 1 atom stereocenters. The van der Waals surface area contributed by atoms with Gasteiger partial charge in [0.05, 0.1) is 11.3 Å². The summed E-state index contributed by atoms with van der Waals surface area (Å²) in [5.41, 5.74) is 3.64. The predicted octanol–water partition coefficient (Wildman–Crippen LogP) is 4.16. The van der Waals surface area contributed by atoms with Crippen molar-refractivity contribution in [2.75, 3.05) is 5.32 Å². The van der Waals surface area contributed by atoms with E-state index < -0.39 is 0 Å². The van der Waals surface area contributed by atoms with Gasteiger partial charge in [-0.15, -0.1) is 11.3 Å². The van der Waals surface area contributed by atoms with E-state index in [2.05, 4.69) is 10.3 Å². The Labute approximate surface area is 154 Å². The van der Waals surface area contributed by atoms with Crippen molar-refractivity contribution < 1.29 is 14.3 Å². The van der Waals surface area contributed by atoms with Gasteiger partial charge in [0.1, 0.15) is 6.10 Å². The number of ether oxygens (including phenoxy) is 1. The molecular weight excluding hydrogens is 348 g/mol. The molecule has 0 spiro atoms. The van der Waals surface area contributed by atoms with Gasteiger partial charge in [0.15, 0.2) is 5.13 Å². The molecule has 0 bridgehead atoms. The molecular formula is C20H16N2O3S. The molecule has 130 valence electrons. The Morgan fingerprint density at radius 1 is 1.23 bits per heavy atom. The molecule has 1 amide bonds. The third-order valence-corrected chi connectivity index (χ3v) is 5.13. The van der Waals surface area contributed by atoms with Gasteiger partial charge in [-0.2, -0.15) is 0 Å². The summed E-state index contributed by atoms with van der Waals surface area (Å²) in [6, 6.07) is 14.7. The standard InChI is InChI=1S/C20H16N2O3S/c1-12-11-26-20(21-12)22-18(23)14-7-8-16-15(9-14)10-17(25-19(16)24)13-5-3-2-4-6-13/h2-9,11,17H,10H2,1H3,(H,21,22,23)/t17-/m0/s1. The number of anilines is 1. The first-order chi connectivity index (χ1) is 12.6. The van der Waals surface area contributed by atoms with Crippen molar-refractivity contribution in [3.8, 4) is 0 Å². The molecule has 6 heteroatoms. The normalized spacial score (nSPS) is 15.9. The zero-order chi connectivity index (χ0) is 18.1. The van der Waals surface area contributed by atoms with Gasteiger partial charge in [-0.3, -0.25) is 10.1 Å². The molecule has 0 saturated carbocycles. The largest absolute Gasteiger partial charge is 0.454 e. The maximum absolute atomic E-state index is 12.5. The van der Waals surface area contributed by atoms with E-state index in [-0.39, 0.29) is 18.0 Å². The number of benzene rings is 2. The van der Waals surface area contributed by atoms with Crippen LogP contribution < -0.4 is 5.32 Å². The summed E-state index contributed by atoms with van der Waals surface area (Å²) >= 11 is 1.38. The Morgan fingerprint density at radius 2 is 2.04 bits per heavy atom. The number of esters is 1. The second-order valence-electron chi connectivity index (χ2n) is 6.13. The van der Waals surface area contributed by atoms with Gasteiger partial charge in [-0.05, 0) is 36.2 Å². The number of hydrogen-bond donors (Lipinski definition) is 1. The molecule has 1 N–H and O–H groups in total. The number of carbonyl (C=O) groups is 2. The van der Waals surface area contributed by atoms with Crippen molar-refractivity contribution in [2.24, 2.45) is 0 Å². The molecule has 1 aliphatic heterocycles. The molecule has 5 nitrogen and oxygen atoms in total. The first-order valence-electron chi connectivity index (χ1n) is 8.22. The Morgan fingerprint density at radius 3 is 2.77 bits per heavy atom. The van der Waals surface area contributed by atoms with Crippen LogP contribution in [0.2, 0.25) is 0 Å². The van der Waals surface area contributed by atoms with E-state index in [1.807, 2.05) is 42.6 Å². The van der Waals surface area contributed by atoms with Crippen LogP contribution in [0, 0.1) is 6.92 Å². The third kappa shape index (κ3) is 3.23. The smallest absolute Gasteiger partial charge is 0.339 e. The number of thiazole rings is 1. The number of fused-ring (bicyclic) bond motifs is 1. The fourth-order valence-electron chi connectivity index (χ4n) is 2.97. The highest BCUT2D eigenvalue weighted by atomic mass is 32.1. The zero-order valence-electron chi connectivity index (χ0n) is 14.1. The van der Waals surface area contributed by atoms with Gasteiger partial charge < -0.3 is 4.74 Å². The number of hydrogen-bond acceptors (Lipinski definition) is 5. The Kier molecular flexibility index (Phi) is 4.26. The molecule has 0 unspecified atom stereocenters.